The van der Waals surface area contributed by atoms with E-state index in [0.29, 0.717) is 22.8 Å². The van der Waals surface area contributed by atoms with Gasteiger partial charge < -0.3 is 14.7 Å². The summed E-state index contributed by atoms with van der Waals surface area (Å²) in [6.45, 7) is 2.93. The SMILES string of the molecule is Clc1ccc(-c2noc(CCNC3CCN(c4nccs4)CC3)n2)cc1. The van der Waals surface area contributed by atoms with Crippen LogP contribution >= 0.6 is 22.9 Å². The largest absolute Gasteiger partial charge is 0.348 e. The molecule has 0 amide bonds. The number of benzene rings is 1. The molecule has 0 spiro atoms. The molecular formula is C18H20ClN5OS. The number of piperidine rings is 1. The van der Waals surface area contributed by atoms with Crippen molar-refractivity contribution < 1.29 is 4.52 Å². The van der Waals surface area contributed by atoms with Crippen LogP contribution in [0.1, 0.15) is 18.7 Å². The lowest BCUT2D eigenvalue weighted by molar-refractivity contribution is 0.364. The van der Waals surface area contributed by atoms with Crippen molar-refractivity contribution in [1.82, 2.24) is 20.4 Å². The predicted molar refractivity (Wildman–Crippen MR) is 104 cm³/mol. The molecule has 0 unspecified atom stereocenters. The van der Waals surface area contributed by atoms with Crippen LogP contribution < -0.4 is 10.2 Å². The van der Waals surface area contributed by atoms with Crippen LogP contribution in [0.4, 0.5) is 5.13 Å². The van der Waals surface area contributed by atoms with Gasteiger partial charge >= 0.3 is 0 Å². The Labute approximate surface area is 161 Å². The van der Waals surface area contributed by atoms with E-state index in [2.05, 4.69) is 25.3 Å². The highest BCUT2D eigenvalue weighted by atomic mass is 35.5. The Morgan fingerprint density at radius 3 is 2.77 bits per heavy atom. The fraction of sp³-hybridized carbons (Fsp3) is 0.389. The van der Waals surface area contributed by atoms with Gasteiger partial charge in [-0.05, 0) is 37.1 Å². The maximum atomic E-state index is 5.91. The highest BCUT2D eigenvalue weighted by Gasteiger charge is 2.20. The van der Waals surface area contributed by atoms with Crippen LogP contribution in [0.15, 0.2) is 40.4 Å². The van der Waals surface area contributed by atoms with E-state index in [-0.39, 0.29) is 0 Å². The zero-order chi connectivity index (χ0) is 17.8. The lowest BCUT2D eigenvalue weighted by atomic mass is 10.1. The van der Waals surface area contributed by atoms with Crippen molar-refractivity contribution >= 4 is 28.1 Å². The van der Waals surface area contributed by atoms with Crippen molar-refractivity contribution in [1.29, 1.82) is 0 Å². The van der Waals surface area contributed by atoms with Gasteiger partial charge in [0, 0.05) is 54.3 Å². The quantitative estimate of drug-likeness (QED) is 0.694. The van der Waals surface area contributed by atoms with Gasteiger partial charge in [0.15, 0.2) is 5.13 Å². The maximum Gasteiger partial charge on any atom is 0.228 e. The number of hydrogen-bond donors (Lipinski definition) is 1. The molecule has 8 heteroatoms. The monoisotopic (exact) mass is 389 g/mol. The number of hydrogen-bond acceptors (Lipinski definition) is 7. The van der Waals surface area contributed by atoms with Gasteiger partial charge in [-0.25, -0.2) is 4.98 Å². The molecule has 1 N–H and O–H groups in total. The normalized spacial score (nSPS) is 15.5. The molecule has 1 saturated heterocycles. The molecule has 4 rings (SSSR count). The molecule has 0 bridgehead atoms. The number of rotatable bonds is 6. The summed E-state index contributed by atoms with van der Waals surface area (Å²) in [7, 11) is 0. The van der Waals surface area contributed by atoms with Crippen LogP contribution in [-0.4, -0.2) is 40.8 Å². The molecule has 1 aromatic carbocycles. The minimum absolute atomic E-state index is 0.532. The second-order valence-electron chi connectivity index (χ2n) is 6.30. The van der Waals surface area contributed by atoms with E-state index in [1.54, 1.807) is 11.3 Å². The Morgan fingerprint density at radius 1 is 1.23 bits per heavy atom. The summed E-state index contributed by atoms with van der Waals surface area (Å²) in [5.74, 6) is 1.26. The van der Waals surface area contributed by atoms with Crippen LogP contribution in [0.5, 0.6) is 0 Å². The third-order valence-corrected chi connectivity index (χ3v) is 5.61. The molecule has 136 valence electrons. The zero-order valence-electron chi connectivity index (χ0n) is 14.3. The van der Waals surface area contributed by atoms with E-state index < -0.39 is 0 Å². The molecule has 0 saturated carbocycles. The van der Waals surface area contributed by atoms with Crippen molar-refractivity contribution in [2.45, 2.75) is 25.3 Å². The van der Waals surface area contributed by atoms with Gasteiger partial charge in [0.05, 0.1) is 0 Å². The Balaban J connectivity index is 1.22. The lowest BCUT2D eigenvalue weighted by Gasteiger charge is -2.32. The summed E-state index contributed by atoms with van der Waals surface area (Å²) in [5.41, 5.74) is 0.909. The molecule has 0 aliphatic carbocycles. The number of nitrogens with one attached hydrogen (secondary N) is 1. The van der Waals surface area contributed by atoms with Gasteiger partial charge in [-0.3, -0.25) is 0 Å². The molecule has 3 aromatic rings. The second-order valence-corrected chi connectivity index (χ2v) is 7.61. The summed E-state index contributed by atoms with van der Waals surface area (Å²) in [5, 5.41) is 11.5. The van der Waals surface area contributed by atoms with Gasteiger partial charge in [0.25, 0.3) is 0 Å². The fourth-order valence-electron chi connectivity index (χ4n) is 3.10. The topological polar surface area (TPSA) is 67.1 Å². The first kappa shape index (κ1) is 17.5. The molecule has 1 fully saturated rings. The van der Waals surface area contributed by atoms with Crippen LogP contribution in [0.3, 0.4) is 0 Å². The van der Waals surface area contributed by atoms with Crippen molar-refractivity contribution in [3.8, 4) is 11.4 Å². The minimum atomic E-state index is 0.532. The number of nitrogens with zero attached hydrogens (tertiary/aromatic N) is 4. The summed E-state index contributed by atoms with van der Waals surface area (Å²) in [6, 6.07) is 7.97. The van der Waals surface area contributed by atoms with Gasteiger partial charge in [0.1, 0.15) is 0 Å². The molecule has 3 heterocycles. The van der Waals surface area contributed by atoms with E-state index in [1.165, 1.54) is 0 Å². The van der Waals surface area contributed by atoms with Gasteiger partial charge in [-0.15, -0.1) is 11.3 Å². The average Bonchev–Trinajstić information content (AvgIpc) is 3.35. The zero-order valence-corrected chi connectivity index (χ0v) is 15.8. The van der Waals surface area contributed by atoms with Crippen molar-refractivity contribution in [2.24, 2.45) is 0 Å². The van der Waals surface area contributed by atoms with Gasteiger partial charge in [-0.2, -0.15) is 4.98 Å². The number of halogens is 1. The molecular weight excluding hydrogens is 370 g/mol. The third kappa shape index (κ3) is 4.23. The van der Waals surface area contributed by atoms with Crippen LogP contribution in [0.2, 0.25) is 5.02 Å². The highest BCUT2D eigenvalue weighted by molar-refractivity contribution is 7.13. The van der Waals surface area contributed by atoms with E-state index in [1.807, 2.05) is 35.8 Å². The van der Waals surface area contributed by atoms with Crippen molar-refractivity contribution in [3.05, 3.63) is 46.8 Å². The Kier molecular flexibility index (Phi) is 5.48. The second kappa shape index (κ2) is 8.16. The lowest BCUT2D eigenvalue weighted by Crippen LogP contribution is -2.43. The minimum Gasteiger partial charge on any atom is -0.348 e. The fourth-order valence-corrected chi connectivity index (χ4v) is 3.93. The molecule has 2 aromatic heterocycles. The van der Waals surface area contributed by atoms with Crippen LogP contribution in [0.25, 0.3) is 11.4 Å². The van der Waals surface area contributed by atoms with Crippen LogP contribution in [0, 0.1) is 0 Å². The number of thiazole rings is 1. The summed E-state index contributed by atoms with van der Waals surface area (Å²) in [6.07, 6.45) is 4.85. The Bertz CT molecular complexity index is 812. The Morgan fingerprint density at radius 2 is 2.04 bits per heavy atom. The maximum absolute atomic E-state index is 5.91. The summed E-state index contributed by atoms with van der Waals surface area (Å²) >= 11 is 7.61. The van der Waals surface area contributed by atoms with Gasteiger partial charge in [0.2, 0.25) is 11.7 Å². The molecule has 0 radical (unpaired) electrons. The summed E-state index contributed by atoms with van der Waals surface area (Å²) in [4.78, 5) is 11.2. The number of anilines is 1. The van der Waals surface area contributed by atoms with E-state index >= 15 is 0 Å². The third-order valence-electron chi connectivity index (χ3n) is 4.53. The molecule has 0 atom stereocenters. The predicted octanol–water partition coefficient (Wildman–Crippen LogP) is 3.65. The molecule has 26 heavy (non-hydrogen) atoms. The molecule has 1 aliphatic rings. The van der Waals surface area contributed by atoms with Crippen molar-refractivity contribution in [3.63, 3.8) is 0 Å². The molecule has 6 nitrogen and oxygen atoms in total. The van der Waals surface area contributed by atoms with Crippen LogP contribution in [-0.2, 0) is 6.42 Å². The first-order valence-electron chi connectivity index (χ1n) is 8.74. The first-order chi connectivity index (χ1) is 12.8. The highest BCUT2D eigenvalue weighted by Crippen LogP contribution is 2.22. The first-order valence-corrected chi connectivity index (χ1v) is 10.00. The van der Waals surface area contributed by atoms with E-state index in [0.717, 1.165) is 49.6 Å². The smallest absolute Gasteiger partial charge is 0.228 e. The standard InChI is InChI=1S/C18H20ClN5OS/c19-14-3-1-13(2-4-14)17-22-16(25-23-17)5-8-20-15-6-10-24(11-7-15)18-21-9-12-26-18/h1-4,9,12,15,20H,5-8,10-11H2. The van der Waals surface area contributed by atoms with Gasteiger partial charge in [-0.1, -0.05) is 16.8 Å². The van der Waals surface area contributed by atoms with Crippen molar-refractivity contribution in [2.75, 3.05) is 24.5 Å². The summed E-state index contributed by atoms with van der Waals surface area (Å²) < 4.78 is 5.36. The van der Waals surface area contributed by atoms with E-state index in [9.17, 15) is 0 Å². The average molecular weight is 390 g/mol. The molecule has 1 aliphatic heterocycles. The van der Waals surface area contributed by atoms with E-state index in [4.69, 9.17) is 16.1 Å². The number of aromatic nitrogens is 3. The Hall–Kier alpha value is -1.96.